The molecule has 1 aliphatic rings. The Kier molecular flexibility index (Phi) is 6.59. The van der Waals surface area contributed by atoms with Crippen LogP contribution in [0.2, 0.25) is 0 Å². The summed E-state index contributed by atoms with van der Waals surface area (Å²) in [6, 6.07) is 6.91. The van der Waals surface area contributed by atoms with Gasteiger partial charge in [-0.15, -0.1) is 0 Å². The Morgan fingerprint density at radius 2 is 2.00 bits per heavy atom. The summed E-state index contributed by atoms with van der Waals surface area (Å²) >= 11 is 0. The molecule has 2 rings (SSSR count). The number of rotatable bonds is 6. The lowest BCUT2D eigenvalue weighted by Crippen LogP contribution is -2.39. The Morgan fingerprint density at radius 1 is 1.26 bits per heavy atom. The first kappa shape index (κ1) is 17.5. The largest absolute Gasteiger partial charge is 0.392 e. The number of hydrogen-bond acceptors (Lipinski definition) is 3. The van der Waals surface area contributed by atoms with Crippen LogP contribution in [-0.2, 0) is 16.2 Å². The number of hydrogen-bond donors (Lipinski definition) is 3. The highest BCUT2D eigenvalue weighted by molar-refractivity contribution is 5.91. The monoisotopic (exact) mass is 318 g/mol. The van der Waals surface area contributed by atoms with Crippen LogP contribution in [0.15, 0.2) is 24.3 Å². The summed E-state index contributed by atoms with van der Waals surface area (Å²) in [5.41, 5.74) is 1.41. The van der Waals surface area contributed by atoms with Gasteiger partial charge in [-0.3, -0.25) is 9.59 Å². The first-order valence-corrected chi connectivity index (χ1v) is 8.38. The molecule has 126 valence electrons. The van der Waals surface area contributed by atoms with E-state index in [0.717, 1.165) is 31.2 Å². The second-order valence-electron chi connectivity index (χ2n) is 6.36. The zero-order valence-electron chi connectivity index (χ0n) is 13.7. The Labute approximate surface area is 137 Å². The number of anilines is 1. The molecule has 1 unspecified atom stereocenters. The van der Waals surface area contributed by atoms with Gasteiger partial charge in [-0.05, 0) is 37.5 Å². The van der Waals surface area contributed by atoms with E-state index in [2.05, 4.69) is 10.6 Å². The van der Waals surface area contributed by atoms with E-state index in [4.69, 9.17) is 5.11 Å². The molecule has 1 atom stereocenters. The number of carbonyl (C=O) groups is 2. The SMILES string of the molecule is CC(CC(=O)Nc1cccc(CO)c1)NC(=O)C1CCCCC1. The highest BCUT2D eigenvalue weighted by Gasteiger charge is 2.22. The van der Waals surface area contributed by atoms with Gasteiger partial charge in [0.15, 0.2) is 0 Å². The van der Waals surface area contributed by atoms with Crippen molar-refractivity contribution in [3.05, 3.63) is 29.8 Å². The van der Waals surface area contributed by atoms with Gasteiger partial charge in [0.05, 0.1) is 6.61 Å². The van der Waals surface area contributed by atoms with E-state index in [-0.39, 0.29) is 36.8 Å². The van der Waals surface area contributed by atoms with Crippen LogP contribution in [0.3, 0.4) is 0 Å². The van der Waals surface area contributed by atoms with Crippen molar-refractivity contribution in [2.24, 2.45) is 5.92 Å². The fourth-order valence-electron chi connectivity index (χ4n) is 3.01. The fourth-order valence-corrected chi connectivity index (χ4v) is 3.01. The molecule has 1 fully saturated rings. The van der Waals surface area contributed by atoms with Crippen LogP contribution in [0.5, 0.6) is 0 Å². The predicted molar refractivity (Wildman–Crippen MR) is 89.8 cm³/mol. The molecule has 0 radical (unpaired) electrons. The summed E-state index contributed by atoms with van der Waals surface area (Å²) in [6.07, 6.45) is 5.61. The second kappa shape index (κ2) is 8.67. The average molecular weight is 318 g/mol. The van der Waals surface area contributed by atoms with E-state index in [1.165, 1.54) is 6.42 Å². The first-order valence-electron chi connectivity index (χ1n) is 8.38. The Balaban J connectivity index is 1.78. The summed E-state index contributed by atoms with van der Waals surface area (Å²) in [4.78, 5) is 24.2. The smallest absolute Gasteiger partial charge is 0.226 e. The molecule has 1 aliphatic carbocycles. The van der Waals surface area contributed by atoms with E-state index < -0.39 is 0 Å². The number of aliphatic hydroxyl groups is 1. The molecule has 0 aromatic heterocycles. The van der Waals surface area contributed by atoms with Crippen molar-refractivity contribution < 1.29 is 14.7 Å². The molecule has 2 amide bonds. The molecule has 0 aliphatic heterocycles. The molecule has 0 spiro atoms. The van der Waals surface area contributed by atoms with E-state index in [9.17, 15) is 9.59 Å². The van der Waals surface area contributed by atoms with Crippen LogP contribution in [-0.4, -0.2) is 23.0 Å². The predicted octanol–water partition coefficient (Wildman–Crippen LogP) is 2.59. The van der Waals surface area contributed by atoms with Gasteiger partial charge in [-0.1, -0.05) is 31.4 Å². The Hall–Kier alpha value is -1.88. The van der Waals surface area contributed by atoms with Crippen LogP contribution in [0.25, 0.3) is 0 Å². The standard InChI is InChI=1S/C18H26N2O3/c1-13(19-18(23)15-7-3-2-4-8-15)10-17(22)20-16-9-5-6-14(11-16)12-21/h5-6,9,11,13,15,21H,2-4,7-8,10,12H2,1H3,(H,19,23)(H,20,22). The lowest BCUT2D eigenvalue weighted by molar-refractivity contribution is -0.126. The van der Waals surface area contributed by atoms with Crippen molar-refractivity contribution >= 4 is 17.5 Å². The van der Waals surface area contributed by atoms with Gasteiger partial charge in [0.25, 0.3) is 0 Å². The third kappa shape index (κ3) is 5.67. The highest BCUT2D eigenvalue weighted by atomic mass is 16.3. The van der Waals surface area contributed by atoms with E-state index in [1.807, 2.05) is 6.92 Å². The van der Waals surface area contributed by atoms with E-state index >= 15 is 0 Å². The van der Waals surface area contributed by atoms with Gasteiger partial charge in [-0.25, -0.2) is 0 Å². The molecular formula is C18H26N2O3. The van der Waals surface area contributed by atoms with Gasteiger partial charge in [0.1, 0.15) is 0 Å². The third-order valence-electron chi connectivity index (χ3n) is 4.25. The molecule has 0 saturated heterocycles. The van der Waals surface area contributed by atoms with Crippen LogP contribution >= 0.6 is 0 Å². The molecule has 5 heteroatoms. The molecule has 1 saturated carbocycles. The maximum Gasteiger partial charge on any atom is 0.226 e. The maximum absolute atomic E-state index is 12.2. The molecule has 23 heavy (non-hydrogen) atoms. The Bertz CT molecular complexity index is 539. The van der Waals surface area contributed by atoms with Gasteiger partial charge in [0, 0.05) is 24.1 Å². The highest BCUT2D eigenvalue weighted by Crippen LogP contribution is 2.23. The summed E-state index contributed by atoms with van der Waals surface area (Å²) in [5, 5.41) is 14.9. The minimum Gasteiger partial charge on any atom is -0.392 e. The van der Waals surface area contributed by atoms with Gasteiger partial charge < -0.3 is 15.7 Å². The zero-order valence-corrected chi connectivity index (χ0v) is 13.7. The van der Waals surface area contributed by atoms with E-state index in [0.29, 0.717) is 5.69 Å². The minimum absolute atomic E-state index is 0.0580. The molecule has 0 bridgehead atoms. The van der Waals surface area contributed by atoms with Crippen molar-refractivity contribution in [1.82, 2.24) is 5.32 Å². The quantitative estimate of drug-likeness (QED) is 0.754. The molecule has 1 aromatic rings. The molecular weight excluding hydrogens is 292 g/mol. The summed E-state index contributed by atoms with van der Waals surface area (Å²) in [6.45, 7) is 1.79. The maximum atomic E-state index is 12.2. The molecule has 1 aromatic carbocycles. The lowest BCUT2D eigenvalue weighted by Gasteiger charge is -2.23. The minimum atomic E-state index is -0.189. The zero-order chi connectivity index (χ0) is 16.7. The van der Waals surface area contributed by atoms with Crippen LogP contribution < -0.4 is 10.6 Å². The van der Waals surface area contributed by atoms with Gasteiger partial charge in [0.2, 0.25) is 11.8 Å². The first-order chi connectivity index (χ1) is 11.1. The van der Waals surface area contributed by atoms with Crippen LogP contribution in [0.4, 0.5) is 5.69 Å². The van der Waals surface area contributed by atoms with Gasteiger partial charge >= 0.3 is 0 Å². The number of amides is 2. The van der Waals surface area contributed by atoms with Crippen LogP contribution in [0.1, 0.15) is 51.0 Å². The van der Waals surface area contributed by atoms with Crippen molar-refractivity contribution in [1.29, 1.82) is 0 Å². The number of carbonyl (C=O) groups excluding carboxylic acids is 2. The van der Waals surface area contributed by atoms with Crippen molar-refractivity contribution in [2.75, 3.05) is 5.32 Å². The summed E-state index contributed by atoms with van der Waals surface area (Å²) in [5.74, 6) is 0.0410. The number of nitrogens with one attached hydrogen (secondary N) is 2. The lowest BCUT2D eigenvalue weighted by atomic mass is 9.88. The number of benzene rings is 1. The molecule has 3 N–H and O–H groups in total. The third-order valence-corrected chi connectivity index (χ3v) is 4.25. The topological polar surface area (TPSA) is 78.4 Å². The van der Waals surface area contributed by atoms with Crippen molar-refractivity contribution in [3.63, 3.8) is 0 Å². The summed E-state index contributed by atoms with van der Waals surface area (Å²) in [7, 11) is 0. The summed E-state index contributed by atoms with van der Waals surface area (Å²) < 4.78 is 0. The van der Waals surface area contributed by atoms with E-state index in [1.54, 1.807) is 24.3 Å². The average Bonchev–Trinajstić information content (AvgIpc) is 2.55. The Morgan fingerprint density at radius 3 is 2.70 bits per heavy atom. The normalized spacial score (nSPS) is 16.6. The molecule has 5 nitrogen and oxygen atoms in total. The van der Waals surface area contributed by atoms with Crippen molar-refractivity contribution in [2.45, 2.75) is 58.1 Å². The number of aliphatic hydroxyl groups excluding tert-OH is 1. The van der Waals surface area contributed by atoms with Gasteiger partial charge in [-0.2, -0.15) is 0 Å². The van der Waals surface area contributed by atoms with Crippen molar-refractivity contribution in [3.8, 4) is 0 Å². The fraction of sp³-hybridized carbons (Fsp3) is 0.556. The second-order valence-corrected chi connectivity index (χ2v) is 6.36. The van der Waals surface area contributed by atoms with Crippen LogP contribution in [0, 0.1) is 5.92 Å². The molecule has 0 heterocycles.